The standard InChI is InChI=1S/C16H22FN3O/c17-16(15(21)19-10-13-4-5-13)6-2-8-20(12-16)11-14-3-1-7-18-9-14/h1,3,7,9,13H,2,4-6,8,10-12H2,(H,19,21). The summed E-state index contributed by atoms with van der Waals surface area (Å²) in [5, 5.41) is 2.79. The Hall–Kier alpha value is -1.49. The lowest BCUT2D eigenvalue weighted by Crippen LogP contribution is -2.54. The van der Waals surface area contributed by atoms with Crippen molar-refractivity contribution in [3.63, 3.8) is 0 Å². The van der Waals surface area contributed by atoms with Crippen molar-refractivity contribution in [2.24, 2.45) is 5.92 Å². The Morgan fingerprint density at radius 3 is 3.10 bits per heavy atom. The van der Waals surface area contributed by atoms with Gasteiger partial charge in [0.25, 0.3) is 5.91 Å². The summed E-state index contributed by atoms with van der Waals surface area (Å²) >= 11 is 0. The van der Waals surface area contributed by atoms with Gasteiger partial charge < -0.3 is 5.32 Å². The summed E-state index contributed by atoms with van der Waals surface area (Å²) in [6.07, 6.45) is 6.88. The first-order valence-electron chi connectivity index (χ1n) is 7.74. The van der Waals surface area contributed by atoms with E-state index < -0.39 is 11.6 Å². The molecule has 1 aromatic rings. The zero-order chi connectivity index (χ0) is 14.7. The second-order valence-electron chi connectivity index (χ2n) is 6.29. The number of amides is 1. The molecule has 1 saturated carbocycles. The number of rotatable bonds is 5. The minimum Gasteiger partial charge on any atom is -0.353 e. The fourth-order valence-corrected chi connectivity index (χ4v) is 2.88. The average molecular weight is 291 g/mol. The Morgan fingerprint density at radius 2 is 2.38 bits per heavy atom. The molecular formula is C16H22FN3O. The minimum absolute atomic E-state index is 0.179. The third-order valence-corrected chi connectivity index (χ3v) is 4.31. The maximum absolute atomic E-state index is 14.9. The predicted octanol–water partition coefficient (Wildman–Crippen LogP) is 1.91. The van der Waals surface area contributed by atoms with Gasteiger partial charge in [0.1, 0.15) is 0 Å². The van der Waals surface area contributed by atoms with Gasteiger partial charge in [-0.05, 0) is 49.8 Å². The van der Waals surface area contributed by atoms with Gasteiger partial charge in [0.2, 0.25) is 5.67 Å². The van der Waals surface area contributed by atoms with Gasteiger partial charge >= 0.3 is 0 Å². The molecule has 1 aromatic heterocycles. The van der Waals surface area contributed by atoms with Crippen LogP contribution in [0.5, 0.6) is 0 Å². The van der Waals surface area contributed by atoms with Crippen LogP contribution in [-0.4, -0.2) is 41.1 Å². The van der Waals surface area contributed by atoms with Crippen LogP contribution in [-0.2, 0) is 11.3 Å². The number of likely N-dealkylation sites (tertiary alicyclic amines) is 1. The molecule has 114 valence electrons. The molecule has 1 aliphatic carbocycles. The highest BCUT2D eigenvalue weighted by atomic mass is 19.1. The topological polar surface area (TPSA) is 45.2 Å². The number of pyridine rings is 1. The molecule has 1 saturated heterocycles. The molecule has 1 aliphatic heterocycles. The van der Waals surface area contributed by atoms with Crippen LogP contribution >= 0.6 is 0 Å². The molecular weight excluding hydrogens is 269 g/mol. The van der Waals surface area contributed by atoms with E-state index in [-0.39, 0.29) is 6.54 Å². The van der Waals surface area contributed by atoms with E-state index in [2.05, 4.69) is 10.3 Å². The number of hydrogen-bond donors (Lipinski definition) is 1. The van der Waals surface area contributed by atoms with Gasteiger partial charge in [-0.3, -0.25) is 14.7 Å². The van der Waals surface area contributed by atoms with Gasteiger partial charge in [0.05, 0.1) is 0 Å². The number of piperidine rings is 1. The molecule has 0 spiro atoms. The molecule has 0 radical (unpaired) electrons. The van der Waals surface area contributed by atoms with E-state index in [1.807, 2.05) is 17.0 Å². The van der Waals surface area contributed by atoms with Crippen molar-refractivity contribution in [1.82, 2.24) is 15.2 Å². The molecule has 2 heterocycles. The van der Waals surface area contributed by atoms with Gasteiger partial charge in [-0.2, -0.15) is 0 Å². The van der Waals surface area contributed by atoms with Crippen molar-refractivity contribution in [2.45, 2.75) is 37.9 Å². The first-order valence-corrected chi connectivity index (χ1v) is 7.74. The molecule has 0 aromatic carbocycles. The summed E-state index contributed by atoms with van der Waals surface area (Å²) in [5.41, 5.74) is -0.685. The Kier molecular flexibility index (Phi) is 4.19. The summed E-state index contributed by atoms with van der Waals surface area (Å²) in [4.78, 5) is 18.2. The van der Waals surface area contributed by atoms with E-state index in [1.54, 1.807) is 12.4 Å². The SMILES string of the molecule is O=C(NCC1CC1)C1(F)CCCN(Cc2cccnc2)C1. The monoisotopic (exact) mass is 291 g/mol. The summed E-state index contributed by atoms with van der Waals surface area (Å²) < 4.78 is 14.9. The van der Waals surface area contributed by atoms with Gasteiger partial charge in [0.15, 0.2) is 0 Å². The van der Waals surface area contributed by atoms with Crippen LogP contribution in [0.4, 0.5) is 4.39 Å². The van der Waals surface area contributed by atoms with E-state index in [0.717, 1.165) is 24.9 Å². The average Bonchev–Trinajstić information content (AvgIpc) is 3.30. The molecule has 2 fully saturated rings. The summed E-state index contributed by atoms with van der Waals surface area (Å²) in [5.74, 6) is 0.151. The van der Waals surface area contributed by atoms with Crippen LogP contribution in [0.15, 0.2) is 24.5 Å². The van der Waals surface area contributed by atoms with Crippen LogP contribution < -0.4 is 5.32 Å². The smallest absolute Gasteiger partial charge is 0.259 e. The second kappa shape index (κ2) is 6.10. The maximum Gasteiger partial charge on any atom is 0.259 e. The number of halogens is 1. The fraction of sp³-hybridized carbons (Fsp3) is 0.625. The summed E-state index contributed by atoms with van der Waals surface area (Å²) in [6.45, 7) is 2.29. The summed E-state index contributed by atoms with van der Waals surface area (Å²) in [7, 11) is 0. The fourth-order valence-electron chi connectivity index (χ4n) is 2.88. The third kappa shape index (κ3) is 3.79. The van der Waals surface area contributed by atoms with Gasteiger partial charge in [-0.25, -0.2) is 4.39 Å². The van der Waals surface area contributed by atoms with E-state index in [4.69, 9.17) is 0 Å². The molecule has 1 N–H and O–H groups in total. The molecule has 2 aliphatic rings. The Labute approximate surface area is 124 Å². The minimum atomic E-state index is -1.74. The molecule has 1 atom stereocenters. The van der Waals surface area contributed by atoms with Crippen LogP contribution in [0.3, 0.4) is 0 Å². The van der Waals surface area contributed by atoms with Crippen molar-refractivity contribution in [2.75, 3.05) is 19.6 Å². The van der Waals surface area contributed by atoms with E-state index in [0.29, 0.717) is 31.8 Å². The van der Waals surface area contributed by atoms with E-state index in [1.165, 1.54) is 0 Å². The lowest BCUT2D eigenvalue weighted by Gasteiger charge is -2.36. The molecule has 3 rings (SSSR count). The molecule has 5 heteroatoms. The quantitative estimate of drug-likeness (QED) is 0.901. The van der Waals surface area contributed by atoms with Crippen molar-refractivity contribution in [1.29, 1.82) is 0 Å². The van der Waals surface area contributed by atoms with E-state index >= 15 is 0 Å². The lowest BCUT2D eigenvalue weighted by atomic mass is 9.93. The molecule has 4 nitrogen and oxygen atoms in total. The maximum atomic E-state index is 14.9. The molecule has 1 amide bonds. The van der Waals surface area contributed by atoms with Crippen molar-refractivity contribution < 1.29 is 9.18 Å². The highest BCUT2D eigenvalue weighted by Crippen LogP contribution is 2.29. The zero-order valence-corrected chi connectivity index (χ0v) is 12.2. The van der Waals surface area contributed by atoms with Gasteiger partial charge in [-0.15, -0.1) is 0 Å². The van der Waals surface area contributed by atoms with Gasteiger partial charge in [-0.1, -0.05) is 6.07 Å². The van der Waals surface area contributed by atoms with Crippen LogP contribution in [0.2, 0.25) is 0 Å². The first-order chi connectivity index (χ1) is 10.2. The molecule has 21 heavy (non-hydrogen) atoms. The number of alkyl halides is 1. The summed E-state index contributed by atoms with van der Waals surface area (Å²) in [6, 6.07) is 3.86. The Balaban J connectivity index is 1.57. The van der Waals surface area contributed by atoms with Crippen molar-refractivity contribution in [3.8, 4) is 0 Å². The van der Waals surface area contributed by atoms with Crippen molar-refractivity contribution in [3.05, 3.63) is 30.1 Å². The largest absolute Gasteiger partial charge is 0.353 e. The number of carbonyl (C=O) groups excluding carboxylic acids is 1. The zero-order valence-electron chi connectivity index (χ0n) is 12.2. The number of nitrogens with one attached hydrogen (secondary N) is 1. The molecule has 1 unspecified atom stereocenters. The number of hydrogen-bond acceptors (Lipinski definition) is 3. The number of aromatic nitrogens is 1. The van der Waals surface area contributed by atoms with E-state index in [9.17, 15) is 9.18 Å². The van der Waals surface area contributed by atoms with Crippen LogP contribution in [0.25, 0.3) is 0 Å². The van der Waals surface area contributed by atoms with Gasteiger partial charge in [0, 0.05) is 32.0 Å². The Morgan fingerprint density at radius 1 is 1.52 bits per heavy atom. The van der Waals surface area contributed by atoms with Crippen molar-refractivity contribution >= 4 is 5.91 Å². The third-order valence-electron chi connectivity index (χ3n) is 4.31. The predicted molar refractivity (Wildman–Crippen MR) is 78.3 cm³/mol. The number of carbonyl (C=O) groups is 1. The lowest BCUT2D eigenvalue weighted by molar-refractivity contribution is -0.136. The first kappa shape index (κ1) is 14.4. The number of nitrogens with zero attached hydrogens (tertiary/aromatic N) is 2. The Bertz CT molecular complexity index is 492. The molecule has 0 bridgehead atoms. The van der Waals surface area contributed by atoms with Crippen LogP contribution in [0.1, 0.15) is 31.2 Å². The highest BCUT2D eigenvalue weighted by molar-refractivity contribution is 5.85. The highest BCUT2D eigenvalue weighted by Gasteiger charge is 2.42. The van der Waals surface area contributed by atoms with Crippen LogP contribution in [0, 0.1) is 5.92 Å². The second-order valence-corrected chi connectivity index (χ2v) is 6.29. The normalized spacial score (nSPS) is 26.5.